The zero-order valence-corrected chi connectivity index (χ0v) is 15.0. The zero-order valence-electron chi connectivity index (χ0n) is 15.0. The van der Waals surface area contributed by atoms with Crippen LogP contribution in [0.25, 0.3) is 0 Å². The van der Waals surface area contributed by atoms with Gasteiger partial charge in [-0.25, -0.2) is 9.48 Å². The molecule has 1 aromatic carbocycles. The van der Waals surface area contributed by atoms with E-state index in [9.17, 15) is 19.2 Å². The summed E-state index contributed by atoms with van der Waals surface area (Å²) in [6.45, 7) is 0.932. The number of aryl methyl sites for hydroxylation is 1. The maximum Gasteiger partial charge on any atom is 0.359 e. The predicted molar refractivity (Wildman–Crippen MR) is 95.2 cm³/mol. The molecule has 0 spiro atoms. The predicted octanol–water partition coefficient (Wildman–Crippen LogP) is 0.533. The van der Waals surface area contributed by atoms with Gasteiger partial charge in [-0.3, -0.25) is 19.3 Å². The molecule has 0 N–H and O–H groups in total. The monoisotopic (exact) mass is 373 g/mol. The molecular formula is C18H19N3O6. The molecule has 0 saturated carbocycles. The molecule has 0 bridgehead atoms. The van der Waals surface area contributed by atoms with Crippen LogP contribution in [0.3, 0.4) is 0 Å². The Balaban J connectivity index is 2.08. The van der Waals surface area contributed by atoms with E-state index in [4.69, 9.17) is 9.47 Å². The smallest absolute Gasteiger partial charge is 0.359 e. The van der Waals surface area contributed by atoms with E-state index in [-0.39, 0.29) is 24.4 Å². The molecule has 0 aliphatic carbocycles. The number of hydrogen-bond acceptors (Lipinski definition) is 7. The lowest BCUT2D eigenvalue weighted by atomic mass is 10.3. The highest BCUT2D eigenvalue weighted by atomic mass is 16.5. The Hall–Kier alpha value is -3.49. The molecule has 2 rings (SSSR count). The van der Waals surface area contributed by atoms with Gasteiger partial charge in [-0.2, -0.15) is 5.10 Å². The number of ether oxygens (including phenoxy) is 2. The summed E-state index contributed by atoms with van der Waals surface area (Å²) in [5.41, 5.74) is -0.0271. The van der Waals surface area contributed by atoms with Crippen molar-refractivity contribution in [3.63, 3.8) is 0 Å². The minimum atomic E-state index is -0.858. The lowest BCUT2D eigenvalue weighted by molar-refractivity contribution is -0.142. The molecule has 0 unspecified atom stereocenters. The summed E-state index contributed by atoms with van der Waals surface area (Å²) in [7, 11) is 1.39. The summed E-state index contributed by atoms with van der Waals surface area (Å²) in [5, 5.41) is 3.76. The second-order valence-corrected chi connectivity index (χ2v) is 5.38. The summed E-state index contributed by atoms with van der Waals surface area (Å²) >= 11 is 0. The van der Waals surface area contributed by atoms with Crippen molar-refractivity contribution in [1.29, 1.82) is 0 Å². The second kappa shape index (κ2) is 9.27. The third kappa shape index (κ3) is 5.50. The fourth-order valence-electron chi connectivity index (χ4n) is 2.16. The Morgan fingerprint density at radius 1 is 1.07 bits per heavy atom. The Morgan fingerprint density at radius 3 is 2.41 bits per heavy atom. The third-order valence-corrected chi connectivity index (χ3v) is 3.46. The van der Waals surface area contributed by atoms with E-state index in [0.717, 1.165) is 4.68 Å². The van der Waals surface area contributed by atoms with Crippen molar-refractivity contribution in [3.8, 4) is 0 Å². The number of rotatable bonds is 7. The van der Waals surface area contributed by atoms with Gasteiger partial charge in [-0.15, -0.1) is 0 Å². The average Bonchev–Trinajstić information content (AvgIpc) is 2.67. The van der Waals surface area contributed by atoms with Crippen LogP contribution in [0, 0.1) is 0 Å². The molecule has 27 heavy (non-hydrogen) atoms. The molecule has 1 amide bonds. The third-order valence-electron chi connectivity index (χ3n) is 3.46. The summed E-state index contributed by atoms with van der Waals surface area (Å²) in [5.74, 6) is -2.05. The normalized spacial score (nSPS) is 10.1. The van der Waals surface area contributed by atoms with Gasteiger partial charge in [0.15, 0.2) is 12.3 Å². The van der Waals surface area contributed by atoms with E-state index >= 15 is 0 Å². The van der Waals surface area contributed by atoms with Gasteiger partial charge in [-0.1, -0.05) is 18.2 Å². The molecule has 0 aliphatic rings. The SMILES string of the molecule is CCOC(=O)CN(C(=O)COC(=O)c1ccc(=O)n(C)n1)c1ccccc1. The number of para-hydroxylation sites is 1. The van der Waals surface area contributed by atoms with Crippen LogP contribution in [0.5, 0.6) is 0 Å². The van der Waals surface area contributed by atoms with Gasteiger partial charge in [0.05, 0.1) is 6.61 Å². The van der Waals surface area contributed by atoms with Gasteiger partial charge in [0.25, 0.3) is 11.5 Å². The number of anilines is 1. The Kier molecular flexibility index (Phi) is 6.81. The van der Waals surface area contributed by atoms with Gasteiger partial charge in [0.1, 0.15) is 6.54 Å². The van der Waals surface area contributed by atoms with Crippen molar-refractivity contribution in [3.05, 3.63) is 58.5 Å². The summed E-state index contributed by atoms with van der Waals surface area (Å²) < 4.78 is 10.8. The van der Waals surface area contributed by atoms with Crippen LogP contribution in [0.15, 0.2) is 47.3 Å². The molecule has 9 heteroatoms. The highest BCUT2D eigenvalue weighted by Gasteiger charge is 2.22. The highest BCUT2D eigenvalue weighted by Crippen LogP contribution is 2.14. The number of nitrogens with zero attached hydrogens (tertiary/aromatic N) is 3. The van der Waals surface area contributed by atoms with Crippen molar-refractivity contribution in [1.82, 2.24) is 9.78 Å². The first-order chi connectivity index (χ1) is 12.9. The van der Waals surface area contributed by atoms with Crippen molar-refractivity contribution in [2.75, 3.05) is 24.7 Å². The molecule has 0 saturated heterocycles. The Labute approximate surface area is 155 Å². The van der Waals surface area contributed by atoms with Crippen LogP contribution in [0.4, 0.5) is 5.69 Å². The quantitative estimate of drug-likeness (QED) is 0.652. The van der Waals surface area contributed by atoms with E-state index in [1.54, 1.807) is 37.3 Å². The number of carbonyl (C=O) groups excluding carboxylic acids is 3. The molecule has 142 valence electrons. The fourth-order valence-corrected chi connectivity index (χ4v) is 2.16. The van der Waals surface area contributed by atoms with Gasteiger partial charge < -0.3 is 9.47 Å². The van der Waals surface area contributed by atoms with Crippen LogP contribution in [-0.2, 0) is 26.1 Å². The van der Waals surface area contributed by atoms with Gasteiger partial charge in [0.2, 0.25) is 0 Å². The number of amides is 1. The molecule has 0 aliphatic heterocycles. The van der Waals surface area contributed by atoms with Crippen LogP contribution in [-0.4, -0.2) is 47.4 Å². The van der Waals surface area contributed by atoms with Crippen molar-refractivity contribution in [2.24, 2.45) is 7.05 Å². The topological polar surface area (TPSA) is 108 Å². The molecule has 2 aromatic rings. The van der Waals surface area contributed by atoms with E-state index in [1.807, 2.05) is 0 Å². The van der Waals surface area contributed by atoms with Crippen LogP contribution in [0.1, 0.15) is 17.4 Å². The average molecular weight is 373 g/mol. The van der Waals surface area contributed by atoms with E-state index in [1.165, 1.54) is 24.1 Å². The first-order valence-corrected chi connectivity index (χ1v) is 8.15. The first-order valence-electron chi connectivity index (χ1n) is 8.15. The molecule has 1 heterocycles. The number of carbonyl (C=O) groups is 3. The maximum atomic E-state index is 12.5. The van der Waals surface area contributed by atoms with Crippen molar-refractivity contribution in [2.45, 2.75) is 6.92 Å². The maximum absolute atomic E-state index is 12.5. The number of benzene rings is 1. The molecule has 1 aromatic heterocycles. The van der Waals surface area contributed by atoms with Crippen molar-refractivity contribution >= 4 is 23.5 Å². The number of hydrogen-bond donors (Lipinski definition) is 0. The number of aromatic nitrogens is 2. The lowest BCUT2D eigenvalue weighted by Crippen LogP contribution is -2.39. The lowest BCUT2D eigenvalue weighted by Gasteiger charge is -2.21. The van der Waals surface area contributed by atoms with Crippen molar-refractivity contribution < 1.29 is 23.9 Å². The van der Waals surface area contributed by atoms with Gasteiger partial charge in [0, 0.05) is 18.8 Å². The summed E-state index contributed by atoms with van der Waals surface area (Å²) in [6, 6.07) is 10.9. The summed E-state index contributed by atoms with van der Waals surface area (Å²) in [6.07, 6.45) is 0. The summed E-state index contributed by atoms with van der Waals surface area (Å²) in [4.78, 5) is 48.8. The second-order valence-electron chi connectivity index (χ2n) is 5.38. The van der Waals surface area contributed by atoms with E-state index < -0.39 is 24.5 Å². The molecular weight excluding hydrogens is 354 g/mol. The van der Waals surface area contributed by atoms with Crippen LogP contribution >= 0.6 is 0 Å². The largest absolute Gasteiger partial charge is 0.465 e. The van der Waals surface area contributed by atoms with E-state index in [0.29, 0.717) is 5.69 Å². The molecule has 0 radical (unpaired) electrons. The standard InChI is InChI=1S/C18H19N3O6/c1-3-26-17(24)11-21(13-7-5-4-6-8-13)16(23)12-27-18(25)14-9-10-15(22)20(2)19-14/h4-10H,3,11-12H2,1-2H3. The van der Waals surface area contributed by atoms with Gasteiger partial charge in [-0.05, 0) is 25.1 Å². The molecule has 0 atom stereocenters. The zero-order chi connectivity index (χ0) is 19.8. The highest BCUT2D eigenvalue weighted by molar-refractivity contribution is 5.99. The first kappa shape index (κ1) is 19.8. The molecule has 0 fully saturated rings. The molecule has 9 nitrogen and oxygen atoms in total. The van der Waals surface area contributed by atoms with E-state index in [2.05, 4.69) is 5.10 Å². The minimum Gasteiger partial charge on any atom is -0.465 e. The van der Waals surface area contributed by atoms with Crippen LogP contribution < -0.4 is 10.5 Å². The minimum absolute atomic E-state index is 0.110. The Bertz CT molecular complexity index is 878. The fraction of sp³-hybridized carbons (Fsp3) is 0.278. The van der Waals surface area contributed by atoms with Crippen LogP contribution in [0.2, 0.25) is 0 Å². The number of esters is 2. The van der Waals surface area contributed by atoms with Gasteiger partial charge >= 0.3 is 11.9 Å². The Morgan fingerprint density at radius 2 is 1.78 bits per heavy atom.